The van der Waals surface area contributed by atoms with Crippen LogP contribution in [0.15, 0.2) is 18.2 Å². The molecule has 0 amide bonds. The Hall–Kier alpha value is -1.29. The lowest BCUT2D eigenvalue weighted by atomic mass is 9.72. The standard InChI is InChI=1S/C15H19F2NO/c1-2-15(3-5-18-6-4-15)14(19)9-11-7-12(16)10-13(17)8-11/h7-8,10,18H,2-6,9H2,1H3. The van der Waals surface area contributed by atoms with Crippen LogP contribution in [0.1, 0.15) is 31.7 Å². The van der Waals surface area contributed by atoms with Crippen molar-refractivity contribution in [3.05, 3.63) is 35.4 Å². The van der Waals surface area contributed by atoms with Crippen molar-refractivity contribution in [1.82, 2.24) is 5.32 Å². The van der Waals surface area contributed by atoms with Crippen molar-refractivity contribution in [1.29, 1.82) is 0 Å². The first kappa shape index (κ1) is 14.1. The molecular formula is C15H19F2NO. The third-order valence-electron chi connectivity index (χ3n) is 4.12. The molecule has 0 radical (unpaired) electrons. The first-order valence-corrected chi connectivity index (χ1v) is 6.75. The monoisotopic (exact) mass is 267 g/mol. The van der Waals surface area contributed by atoms with Gasteiger partial charge in [0, 0.05) is 17.9 Å². The number of carbonyl (C=O) groups excluding carboxylic acids is 1. The summed E-state index contributed by atoms with van der Waals surface area (Å²) in [5.41, 5.74) is 0.0995. The van der Waals surface area contributed by atoms with Crippen LogP contribution in [0.25, 0.3) is 0 Å². The molecule has 1 N–H and O–H groups in total. The quantitative estimate of drug-likeness (QED) is 0.909. The zero-order valence-corrected chi connectivity index (χ0v) is 11.1. The molecule has 1 saturated heterocycles. The van der Waals surface area contributed by atoms with Gasteiger partial charge in [0.1, 0.15) is 17.4 Å². The van der Waals surface area contributed by atoms with E-state index in [-0.39, 0.29) is 17.6 Å². The van der Waals surface area contributed by atoms with Gasteiger partial charge in [-0.05, 0) is 50.0 Å². The summed E-state index contributed by atoms with van der Waals surface area (Å²) in [6.07, 6.45) is 2.51. The molecule has 0 bridgehead atoms. The summed E-state index contributed by atoms with van der Waals surface area (Å²) in [4.78, 5) is 12.5. The van der Waals surface area contributed by atoms with Crippen molar-refractivity contribution < 1.29 is 13.6 Å². The third kappa shape index (κ3) is 3.18. The van der Waals surface area contributed by atoms with Gasteiger partial charge in [0.05, 0.1) is 0 Å². The normalized spacial score (nSPS) is 18.3. The second-order valence-electron chi connectivity index (χ2n) is 5.26. The van der Waals surface area contributed by atoms with Crippen molar-refractivity contribution in [3.63, 3.8) is 0 Å². The number of ketones is 1. The van der Waals surface area contributed by atoms with E-state index in [9.17, 15) is 13.6 Å². The number of halogens is 2. The SMILES string of the molecule is CCC1(C(=O)Cc2cc(F)cc(F)c2)CCNCC1. The minimum atomic E-state index is -0.626. The number of carbonyl (C=O) groups is 1. The van der Waals surface area contributed by atoms with E-state index < -0.39 is 11.6 Å². The predicted octanol–water partition coefficient (Wildman–Crippen LogP) is 2.86. The topological polar surface area (TPSA) is 29.1 Å². The minimum Gasteiger partial charge on any atom is -0.317 e. The molecule has 0 atom stereocenters. The largest absolute Gasteiger partial charge is 0.317 e. The van der Waals surface area contributed by atoms with Gasteiger partial charge in [-0.3, -0.25) is 4.79 Å². The molecule has 1 aliphatic heterocycles. The first-order valence-electron chi connectivity index (χ1n) is 6.75. The van der Waals surface area contributed by atoms with Crippen molar-refractivity contribution in [2.45, 2.75) is 32.6 Å². The van der Waals surface area contributed by atoms with Gasteiger partial charge in [0.2, 0.25) is 0 Å². The Morgan fingerprint density at radius 3 is 2.32 bits per heavy atom. The van der Waals surface area contributed by atoms with Crippen LogP contribution in [-0.2, 0) is 11.2 Å². The molecule has 0 aliphatic carbocycles. The molecule has 1 fully saturated rings. The van der Waals surface area contributed by atoms with Crippen LogP contribution in [0.2, 0.25) is 0 Å². The van der Waals surface area contributed by atoms with E-state index in [1.54, 1.807) is 0 Å². The van der Waals surface area contributed by atoms with Gasteiger partial charge < -0.3 is 5.32 Å². The summed E-state index contributed by atoms with van der Waals surface area (Å²) >= 11 is 0. The molecule has 2 nitrogen and oxygen atoms in total. The Bertz CT molecular complexity index is 447. The average Bonchev–Trinajstić information content (AvgIpc) is 2.38. The smallest absolute Gasteiger partial charge is 0.143 e. The van der Waals surface area contributed by atoms with Crippen LogP contribution in [0.3, 0.4) is 0 Å². The van der Waals surface area contributed by atoms with E-state index in [0.29, 0.717) is 5.56 Å². The van der Waals surface area contributed by atoms with Crippen molar-refractivity contribution in [2.24, 2.45) is 5.41 Å². The number of benzene rings is 1. The highest BCUT2D eigenvalue weighted by Gasteiger charge is 2.37. The maximum Gasteiger partial charge on any atom is 0.143 e. The van der Waals surface area contributed by atoms with E-state index in [0.717, 1.165) is 38.4 Å². The molecule has 1 aliphatic rings. The fourth-order valence-corrected chi connectivity index (χ4v) is 2.82. The molecule has 0 unspecified atom stereocenters. The maximum absolute atomic E-state index is 13.1. The van der Waals surface area contributed by atoms with Crippen LogP contribution in [0, 0.1) is 17.0 Å². The molecule has 1 heterocycles. The fraction of sp³-hybridized carbons (Fsp3) is 0.533. The lowest BCUT2D eigenvalue weighted by Gasteiger charge is -2.35. The van der Waals surface area contributed by atoms with Crippen LogP contribution >= 0.6 is 0 Å². The third-order valence-corrected chi connectivity index (χ3v) is 4.12. The molecule has 0 spiro atoms. The van der Waals surface area contributed by atoms with E-state index in [2.05, 4.69) is 5.32 Å². The summed E-state index contributed by atoms with van der Waals surface area (Å²) < 4.78 is 26.3. The summed E-state index contributed by atoms with van der Waals surface area (Å²) in [6.45, 7) is 3.67. The summed E-state index contributed by atoms with van der Waals surface area (Å²) in [5.74, 6) is -1.15. The minimum absolute atomic E-state index is 0.0986. The fourth-order valence-electron chi connectivity index (χ4n) is 2.82. The molecule has 19 heavy (non-hydrogen) atoms. The van der Waals surface area contributed by atoms with Crippen LogP contribution in [0.4, 0.5) is 8.78 Å². The Morgan fingerprint density at radius 2 is 1.79 bits per heavy atom. The number of hydrogen-bond acceptors (Lipinski definition) is 2. The van der Waals surface area contributed by atoms with Gasteiger partial charge in [-0.1, -0.05) is 6.92 Å². The Balaban J connectivity index is 2.14. The highest BCUT2D eigenvalue weighted by atomic mass is 19.1. The molecule has 0 saturated carbocycles. The highest BCUT2D eigenvalue weighted by Crippen LogP contribution is 2.34. The van der Waals surface area contributed by atoms with Crippen molar-refractivity contribution in [3.8, 4) is 0 Å². The Kier molecular flexibility index (Phi) is 4.30. The second kappa shape index (κ2) is 5.78. The van der Waals surface area contributed by atoms with Crippen LogP contribution in [0.5, 0.6) is 0 Å². The van der Waals surface area contributed by atoms with E-state index in [1.165, 1.54) is 12.1 Å². The van der Waals surface area contributed by atoms with Gasteiger partial charge in [0.25, 0.3) is 0 Å². The summed E-state index contributed by atoms with van der Waals surface area (Å²) in [7, 11) is 0. The lowest BCUT2D eigenvalue weighted by molar-refractivity contribution is -0.129. The van der Waals surface area contributed by atoms with Gasteiger partial charge in [-0.15, -0.1) is 0 Å². The van der Waals surface area contributed by atoms with Gasteiger partial charge in [0.15, 0.2) is 0 Å². The average molecular weight is 267 g/mol. The summed E-state index contributed by atoms with van der Waals surface area (Å²) in [5, 5.41) is 3.24. The zero-order chi connectivity index (χ0) is 13.9. The number of rotatable bonds is 4. The molecule has 0 aromatic heterocycles. The van der Waals surface area contributed by atoms with E-state index >= 15 is 0 Å². The van der Waals surface area contributed by atoms with E-state index in [4.69, 9.17) is 0 Å². The Labute approximate surface area is 112 Å². The molecule has 2 rings (SSSR count). The summed E-state index contributed by atoms with van der Waals surface area (Å²) in [6, 6.07) is 3.31. The zero-order valence-electron chi connectivity index (χ0n) is 11.1. The molecular weight excluding hydrogens is 248 g/mol. The van der Waals surface area contributed by atoms with Gasteiger partial charge >= 0.3 is 0 Å². The lowest BCUT2D eigenvalue weighted by Crippen LogP contribution is -2.42. The number of nitrogens with one attached hydrogen (secondary N) is 1. The maximum atomic E-state index is 13.1. The number of hydrogen-bond donors (Lipinski definition) is 1. The number of piperidine rings is 1. The Morgan fingerprint density at radius 1 is 1.21 bits per heavy atom. The second-order valence-corrected chi connectivity index (χ2v) is 5.26. The van der Waals surface area contributed by atoms with Gasteiger partial charge in [-0.2, -0.15) is 0 Å². The van der Waals surface area contributed by atoms with E-state index in [1.807, 2.05) is 6.92 Å². The van der Waals surface area contributed by atoms with Crippen LogP contribution in [-0.4, -0.2) is 18.9 Å². The number of Topliss-reactive ketones (excluding diaryl/α,β-unsaturated/α-hetero) is 1. The van der Waals surface area contributed by atoms with Crippen molar-refractivity contribution in [2.75, 3.05) is 13.1 Å². The van der Waals surface area contributed by atoms with Crippen LogP contribution < -0.4 is 5.32 Å². The molecule has 4 heteroatoms. The molecule has 1 aromatic rings. The van der Waals surface area contributed by atoms with Gasteiger partial charge in [-0.25, -0.2) is 8.78 Å². The van der Waals surface area contributed by atoms with Crippen molar-refractivity contribution >= 4 is 5.78 Å². The first-order chi connectivity index (χ1) is 9.05. The highest BCUT2D eigenvalue weighted by molar-refractivity contribution is 5.87. The predicted molar refractivity (Wildman–Crippen MR) is 69.9 cm³/mol. The molecule has 104 valence electrons. The molecule has 1 aromatic carbocycles.